The summed E-state index contributed by atoms with van der Waals surface area (Å²) in [5.74, 6) is -1.09. The Morgan fingerprint density at radius 1 is 0.544 bits per heavy atom. The van der Waals surface area contributed by atoms with Crippen LogP contribution < -0.4 is 0 Å². The number of phosphoric ester groups is 1. The summed E-state index contributed by atoms with van der Waals surface area (Å²) >= 11 is 0. The molecule has 0 aliphatic rings. The maximum absolute atomic E-state index is 12.6. The van der Waals surface area contributed by atoms with Crippen LogP contribution in [-0.2, 0) is 32.7 Å². The van der Waals surface area contributed by atoms with Gasteiger partial charge in [0.15, 0.2) is 6.10 Å². The number of esters is 2. The Morgan fingerprint density at radius 3 is 1.47 bits per heavy atom. The van der Waals surface area contributed by atoms with Crippen molar-refractivity contribution in [3.05, 3.63) is 85.1 Å². The Balaban J connectivity index is 4.49. The molecule has 3 unspecified atom stereocenters. The van der Waals surface area contributed by atoms with Gasteiger partial charge in [-0.2, -0.15) is 0 Å². The summed E-state index contributed by atoms with van der Waals surface area (Å²) in [6.07, 6.45) is 48.6. The normalized spacial score (nSPS) is 14.7. The van der Waals surface area contributed by atoms with Crippen LogP contribution in [0.4, 0.5) is 0 Å². The van der Waals surface area contributed by atoms with Crippen LogP contribution in [0.5, 0.6) is 0 Å². The highest BCUT2D eigenvalue weighted by atomic mass is 31.2. The zero-order valence-electron chi connectivity index (χ0n) is 35.3. The van der Waals surface area contributed by atoms with Crippen LogP contribution >= 0.6 is 7.82 Å². The fourth-order valence-electron chi connectivity index (χ4n) is 5.27. The number of aliphatic hydroxyl groups is 2. The van der Waals surface area contributed by atoms with Crippen molar-refractivity contribution >= 4 is 19.8 Å². The summed E-state index contributed by atoms with van der Waals surface area (Å²) in [6, 6.07) is 0. The van der Waals surface area contributed by atoms with Crippen LogP contribution in [0.15, 0.2) is 85.1 Å². The van der Waals surface area contributed by atoms with Gasteiger partial charge in [-0.3, -0.25) is 18.6 Å². The first kappa shape index (κ1) is 54.2. The second kappa shape index (κ2) is 41.3. The number of hydrogen-bond donors (Lipinski definition) is 3. The SMILES string of the molecule is CCC=CCC=CCC=CCC=CCC=CCC=CCCC(=O)OC(COC(=O)CCC=CCCCCCCCCCCCCC)COP(=O)(O)OCC(O)CO. The molecule has 57 heavy (non-hydrogen) atoms. The fraction of sp³-hybridized carbons (Fsp3) is 0.652. The van der Waals surface area contributed by atoms with Gasteiger partial charge in [0.2, 0.25) is 0 Å². The Hall–Kier alpha value is -2.85. The van der Waals surface area contributed by atoms with Crippen LogP contribution in [0, 0.1) is 0 Å². The van der Waals surface area contributed by atoms with Crippen LogP contribution in [0.2, 0.25) is 0 Å². The quantitative estimate of drug-likeness (QED) is 0.0237. The molecular formula is C46H77O10P. The summed E-state index contributed by atoms with van der Waals surface area (Å²) in [5.41, 5.74) is 0. The highest BCUT2D eigenvalue weighted by Gasteiger charge is 2.27. The first-order chi connectivity index (χ1) is 27.7. The molecule has 10 nitrogen and oxygen atoms in total. The molecule has 0 saturated carbocycles. The zero-order chi connectivity index (χ0) is 41.9. The molecule has 0 rings (SSSR count). The lowest BCUT2D eigenvalue weighted by Crippen LogP contribution is -2.29. The molecule has 0 aromatic carbocycles. The van der Waals surface area contributed by atoms with Gasteiger partial charge in [-0.25, -0.2) is 4.57 Å². The predicted molar refractivity (Wildman–Crippen MR) is 233 cm³/mol. The molecule has 0 aromatic rings. The lowest BCUT2D eigenvalue weighted by Gasteiger charge is -2.20. The maximum Gasteiger partial charge on any atom is 0.472 e. The molecule has 0 aliphatic carbocycles. The molecule has 3 atom stereocenters. The van der Waals surface area contributed by atoms with Gasteiger partial charge in [0.25, 0.3) is 0 Å². The van der Waals surface area contributed by atoms with Crippen molar-refractivity contribution in [1.29, 1.82) is 0 Å². The number of ether oxygens (including phenoxy) is 2. The third-order valence-corrected chi connectivity index (χ3v) is 9.51. The summed E-state index contributed by atoms with van der Waals surface area (Å²) in [7, 11) is -4.65. The standard InChI is InChI=1S/C46H77O10P/c1-3-5-7-9-11-13-15-17-19-20-21-22-24-26-28-30-32-34-36-38-46(50)56-44(42-55-57(51,52)54-40-43(48)39-47)41-53-45(49)37-35-33-31-29-27-25-23-18-16-14-12-10-8-6-4-2/h5,7,11,13,17,19,21-22,26,28,31-34,43-44,47-48H,3-4,6,8-10,12,14-16,18,20,23-25,27,29-30,35-42H2,1-2H3,(H,51,52). The number of unbranched alkanes of at least 4 members (excludes halogenated alkanes) is 11. The third kappa shape index (κ3) is 41.1. The van der Waals surface area contributed by atoms with Gasteiger partial charge >= 0.3 is 19.8 Å². The van der Waals surface area contributed by atoms with Crippen LogP contribution in [0.1, 0.15) is 155 Å². The molecule has 0 spiro atoms. The van der Waals surface area contributed by atoms with Crippen molar-refractivity contribution in [3.8, 4) is 0 Å². The molecule has 0 aliphatic heterocycles. The molecule has 0 radical (unpaired) electrons. The van der Waals surface area contributed by atoms with Gasteiger partial charge in [0, 0.05) is 12.8 Å². The van der Waals surface area contributed by atoms with E-state index in [4.69, 9.17) is 19.1 Å². The first-order valence-electron chi connectivity index (χ1n) is 21.5. The van der Waals surface area contributed by atoms with E-state index in [1.54, 1.807) is 0 Å². The highest BCUT2D eigenvalue weighted by Crippen LogP contribution is 2.43. The van der Waals surface area contributed by atoms with Crippen molar-refractivity contribution in [2.24, 2.45) is 0 Å². The molecule has 0 aromatic heterocycles. The molecule has 0 saturated heterocycles. The molecule has 0 heterocycles. The van der Waals surface area contributed by atoms with Crippen LogP contribution in [0.3, 0.4) is 0 Å². The Morgan fingerprint density at radius 2 is 0.965 bits per heavy atom. The summed E-state index contributed by atoms with van der Waals surface area (Å²) in [4.78, 5) is 34.9. The van der Waals surface area contributed by atoms with E-state index in [2.05, 4.69) is 85.2 Å². The van der Waals surface area contributed by atoms with Crippen LogP contribution in [-0.4, -0.2) is 65.7 Å². The monoisotopic (exact) mass is 821 g/mol. The third-order valence-electron chi connectivity index (χ3n) is 8.56. The van der Waals surface area contributed by atoms with E-state index in [0.717, 1.165) is 51.4 Å². The lowest BCUT2D eigenvalue weighted by molar-refractivity contribution is -0.161. The molecule has 0 amide bonds. The number of carbonyl (C=O) groups excluding carboxylic acids is 2. The van der Waals surface area contributed by atoms with Crippen molar-refractivity contribution in [1.82, 2.24) is 0 Å². The molecule has 11 heteroatoms. The van der Waals surface area contributed by atoms with E-state index in [9.17, 15) is 24.2 Å². The topological polar surface area (TPSA) is 149 Å². The van der Waals surface area contributed by atoms with Gasteiger partial charge in [-0.05, 0) is 64.2 Å². The number of allylic oxidation sites excluding steroid dienone is 14. The molecule has 0 bridgehead atoms. The van der Waals surface area contributed by atoms with Crippen molar-refractivity contribution < 1.29 is 47.8 Å². The van der Waals surface area contributed by atoms with E-state index < -0.39 is 51.8 Å². The van der Waals surface area contributed by atoms with E-state index in [1.165, 1.54) is 64.2 Å². The zero-order valence-corrected chi connectivity index (χ0v) is 36.2. The molecule has 0 fully saturated rings. The molecule has 326 valence electrons. The average molecular weight is 821 g/mol. The minimum Gasteiger partial charge on any atom is -0.462 e. The number of hydrogen-bond acceptors (Lipinski definition) is 9. The molecule has 3 N–H and O–H groups in total. The lowest BCUT2D eigenvalue weighted by atomic mass is 10.1. The second-order valence-electron chi connectivity index (χ2n) is 14.0. The fourth-order valence-corrected chi connectivity index (χ4v) is 6.06. The number of aliphatic hydroxyl groups excluding tert-OH is 2. The first-order valence-corrected chi connectivity index (χ1v) is 23.0. The van der Waals surface area contributed by atoms with Gasteiger partial charge in [0.05, 0.1) is 19.8 Å². The Labute approximate surface area is 345 Å². The number of carbonyl (C=O) groups is 2. The van der Waals surface area contributed by atoms with E-state index in [0.29, 0.717) is 12.8 Å². The molecular weight excluding hydrogens is 743 g/mol. The Kier molecular flexibility index (Phi) is 39.2. The van der Waals surface area contributed by atoms with Crippen molar-refractivity contribution in [3.63, 3.8) is 0 Å². The summed E-state index contributed by atoms with van der Waals surface area (Å²) < 4.78 is 32.6. The van der Waals surface area contributed by atoms with Gasteiger partial charge < -0.3 is 24.6 Å². The van der Waals surface area contributed by atoms with Gasteiger partial charge in [0.1, 0.15) is 12.7 Å². The average Bonchev–Trinajstić information content (AvgIpc) is 3.20. The largest absolute Gasteiger partial charge is 0.472 e. The summed E-state index contributed by atoms with van der Waals surface area (Å²) in [6.45, 7) is 2.12. The minimum absolute atomic E-state index is 0.0481. The second-order valence-corrected chi connectivity index (χ2v) is 15.4. The minimum atomic E-state index is -4.65. The van der Waals surface area contributed by atoms with E-state index in [-0.39, 0.29) is 19.4 Å². The van der Waals surface area contributed by atoms with Crippen molar-refractivity contribution in [2.45, 2.75) is 167 Å². The smallest absolute Gasteiger partial charge is 0.462 e. The highest BCUT2D eigenvalue weighted by molar-refractivity contribution is 7.47. The van der Waals surface area contributed by atoms with Gasteiger partial charge in [-0.15, -0.1) is 0 Å². The number of phosphoric acid groups is 1. The van der Waals surface area contributed by atoms with Crippen LogP contribution in [0.25, 0.3) is 0 Å². The maximum atomic E-state index is 12.6. The summed E-state index contributed by atoms with van der Waals surface area (Å²) in [5, 5.41) is 18.3. The van der Waals surface area contributed by atoms with Gasteiger partial charge in [-0.1, -0.05) is 163 Å². The predicted octanol–water partition coefficient (Wildman–Crippen LogP) is 11.4. The Bertz CT molecular complexity index is 1220. The van der Waals surface area contributed by atoms with E-state index >= 15 is 0 Å². The number of rotatable bonds is 39. The van der Waals surface area contributed by atoms with Crippen molar-refractivity contribution in [2.75, 3.05) is 26.4 Å². The van der Waals surface area contributed by atoms with E-state index in [1.807, 2.05) is 18.2 Å².